The fourth-order valence-corrected chi connectivity index (χ4v) is 2.63. The summed E-state index contributed by atoms with van der Waals surface area (Å²) >= 11 is 12.7. The van der Waals surface area contributed by atoms with Crippen LogP contribution in [-0.2, 0) is 4.79 Å². The predicted octanol–water partition coefficient (Wildman–Crippen LogP) is 4.55. The number of hydrogen-bond donors (Lipinski definition) is 0. The summed E-state index contributed by atoms with van der Waals surface area (Å²) in [6.07, 6.45) is 5.57. The number of hydrogen-bond acceptors (Lipinski definition) is 2. The molecular weight excluding hydrogens is 275 g/mol. The van der Waals surface area contributed by atoms with Gasteiger partial charge >= 0.3 is 0 Å². The second-order valence-electron chi connectivity index (χ2n) is 3.32. The Bertz CT molecular complexity index is 530. The second-order valence-corrected chi connectivity index (χ2v) is 5.09. The number of rotatable bonds is 2. The van der Waals surface area contributed by atoms with Crippen molar-refractivity contribution < 1.29 is 4.79 Å². The van der Waals surface area contributed by atoms with Gasteiger partial charge in [0, 0.05) is 4.91 Å². The van der Waals surface area contributed by atoms with Gasteiger partial charge in [0.25, 0.3) is 0 Å². The van der Waals surface area contributed by atoms with Gasteiger partial charge in [-0.25, -0.2) is 0 Å². The Morgan fingerprint density at radius 1 is 1.06 bits per heavy atom. The zero-order valence-electron chi connectivity index (χ0n) is 8.69. The zero-order valence-corrected chi connectivity index (χ0v) is 11.0. The van der Waals surface area contributed by atoms with Crippen LogP contribution in [0.3, 0.4) is 0 Å². The van der Waals surface area contributed by atoms with Crippen LogP contribution in [-0.4, -0.2) is 5.12 Å². The first kappa shape index (κ1) is 12.5. The highest BCUT2D eigenvalue weighted by atomic mass is 35.5. The summed E-state index contributed by atoms with van der Waals surface area (Å²) in [5.74, 6) is 0. The molecule has 1 aliphatic rings. The zero-order chi connectivity index (χ0) is 12.3. The Kier molecular flexibility index (Phi) is 4.11. The Balaban J connectivity index is 2.13. The van der Waals surface area contributed by atoms with E-state index in [4.69, 9.17) is 23.2 Å². The molecule has 0 radical (unpaired) electrons. The maximum absolute atomic E-state index is 11.3. The molecule has 4 heteroatoms. The third-order valence-corrected chi connectivity index (χ3v) is 4.15. The van der Waals surface area contributed by atoms with Crippen molar-refractivity contribution in [1.82, 2.24) is 0 Å². The lowest BCUT2D eigenvalue weighted by Crippen LogP contribution is -1.80. The van der Waals surface area contributed by atoms with E-state index in [1.165, 1.54) is 0 Å². The molecule has 0 aromatic heterocycles. The van der Waals surface area contributed by atoms with E-state index in [2.05, 4.69) is 0 Å². The van der Waals surface area contributed by atoms with E-state index < -0.39 is 0 Å². The van der Waals surface area contributed by atoms with Crippen LogP contribution in [0.1, 0.15) is 5.56 Å². The van der Waals surface area contributed by atoms with Crippen LogP contribution in [0, 0.1) is 0 Å². The van der Waals surface area contributed by atoms with Crippen LogP contribution in [0.15, 0.2) is 57.5 Å². The Hall–Kier alpha value is -0.960. The lowest BCUT2D eigenvalue weighted by atomic mass is 10.2. The van der Waals surface area contributed by atoms with Gasteiger partial charge in [0.1, 0.15) is 5.03 Å². The molecule has 0 aliphatic carbocycles. The van der Waals surface area contributed by atoms with Crippen molar-refractivity contribution in [2.45, 2.75) is 0 Å². The standard InChI is InChI=1S/C13H8Cl2OS/c14-11-10(17-13(16)12(11)15)8-4-7-9-5-2-1-3-6-9/h1-8H/b7-4+,10-8-. The van der Waals surface area contributed by atoms with Gasteiger partial charge in [-0.15, -0.1) is 0 Å². The van der Waals surface area contributed by atoms with E-state index in [-0.39, 0.29) is 10.1 Å². The summed E-state index contributed by atoms with van der Waals surface area (Å²) in [6, 6.07) is 9.87. The van der Waals surface area contributed by atoms with E-state index in [1.54, 1.807) is 6.08 Å². The highest BCUT2D eigenvalue weighted by molar-refractivity contribution is 8.18. The molecular formula is C13H8Cl2OS. The molecule has 1 heterocycles. The normalized spacial score (nSPS) is 18.7. The van der Waals surface area contributed by atoms with Gasteiger partial charge in [-0.1, -0.05) is 65.7 Å². The van der Waals surface area contributed by atoms with E-state index >= 15 is 0 Å². The Morgan fingerprint density at radius 3 is 2.35 bits per heavy atom. The number of benzene rings is 1. The number of carbonyl (C=O) groups is 1. The molecule has 0 fully saturated rings. The smallest absolute Gasteiger partial charge is 0.237 e. The molecule has 0 amide bonds. The van der Waals surface area contributed by atoms with Crippen molar-refractivity contribution in [2.24, 2.45) is 0 Å². The van der Waals surface area contributed by atoms with Crippen LogP contribution in [0.2, 0.25) is 0 Å². The molecule has 1 nitrogen and oxygen atoms in total. The monoisotopic (exact) mass is 282 g/mol. The van der Waals surface area contributed by atoms with Gasteiger partial charge in [-0.2, -0.15) is 0 Å². The molecule has 1 aliphatic heterocycles. The first-order valence-electron chi connectivity index (χ1n) is 4.90. The molecule has 0 bridgehead atoms. The molecule has 0 saturated carbocycles. The summed E-state index contributed by atoms with van der Waals surface area (Å²) in [7, 11) is 0. The van der Waals surface area contributed by atoms with E-state index in [1.807, 2.05) is 42.5 Å². The quantitative estimate of drug-likeness (QED) is 0.792. The van der Waals surface area contributed by atoms with Crippen molar-refractivity contribution in [3.8, 4) is 0 Å². The molecule has 17 heavy (non-hydrogen) atoms. The maximum Gasteiger partial charge on any atom is 0.237 e. The third-order valence-electron chi connectivity index (χ3n) is 2.13. The van der Waals surface area contributed by atoms with Gasteiger partial charge in [0.15, 0.2) is 0 Å². The molecule has 0 unspecified atom stereocenters. The van der Waals surface area contributed by atoms with E-state index in [9.17, 15) is 4.79 Å². The number of carbonyl (C=O) groups excluding carboxylic acids is 1. The van der Waals surface area contributed by atoms with Crippen molar-refractivity contribution in [3.63, 3.8) is 0 Å². The summed E-state index contributed by atoms with van der Waals surface area (Å²) in [6.45, 7) is 0. The highest BCUT2D eigenvalue weighted by Crippen LogP contribution is 2.41. The molecule has 0 N–H and O–H groups in total. The van der Waals surface area contributed by atoms with Gasteiger partial charge in [0.05, 0.1) is 5.03 Å². The number of halogens is 2. The minimum atomic E-state index is -0.198. The summed E-state index contributed by atoms with van der Waals surface area (Å²) in [5, 5.41) is 0.242. The Labute approximate surface area is 114 Å². The lowest BCUT2D eigenvalue weighted by molar-refractivity contribution is -0.107. The fourth-order valence-electron chi connectivity index (χ4n) is 1.31. The predicted molar refractivity (Wildman–Crippen MR) is 74.9 cm³/mol. The highest BCUT2D eigenvalue weighted by Gasteiger charge is 2.25. The van der Waals surface area contributed by atoms with Crippen LogP contribution in [0.25, 0.3) is 6.08 Å². The molecule has 1 aromatic carbocycles. The first-order chi connectivity index (χ1) is 8.18. The minimum Gasteiger partial charge on any atom is -0.280 e. The van der Waals surface area contributed by atoms with Crippen molar-refractivity contribution in [3.05, 3.63) is 63.0 Å². The van der Waals surface area contributed by atoms with Gasteiger partial charge in [-0.3, -0.25) is 4.79 Å². The topological polar surface area (TPSA) is 17.1 Å². The first-order valence-corrected chi connectivity index (χ1v) is 6.47. The summed E-state index contributed by atoms with van der Waals surface area (Å²) in [4.78, 5) is 11.9. The SMILES string of the molecule is O=C1S/C(=C\C=C\c2ccccc2)C(Cl)=C1Cl. The van der Waals surface area contributed by atoms with E-state index in [0.717, 1.165) is 17.3 Å². The third kappa shape index (κ3) is 3.03. The molecule has 0 atom stereocenters. The lowest BCUT2D eigenvalue weighted by Gasteiger charge is -1.92. The molecule has 86 valence electrons. The number of thioether (sulfide) groups is 1. The average Bonchev–Trinajstić information content (AvgIpc) is 2.59. The van der Waals surface area contributed by atoms with Crippen molar-refractivity contribution in [2.75, 3.05) is 0 Å². The maximum atomic E-state index is 11.3. The molecule has 0 saturated heterocycles. The largest absolute Gasteiger partial charge is 0.280 e. The molecule has 0 spiro atoms. The number of allylic oxidation sites excluding steroid dienone is 3. The van der Waals surface area contributed by atoms with Crippen LogP contribution >= 0.6 is 35.0 Å². The van der Waals surface area contributed by atoms with Crippen LogP contribution in [0.4, 0.5) is 0 Å². The van der Waals surface area contributed by atoms with Gasteiger partial charge in [-0.05, 0) is 23.4 Å². The van der Waals surface area contributed by atoms with Crippen LogP contribution < -0.4 is 0 Å². The summed E-state index contributed by atoms with van der Waals surface area (Å²) < 4.78 is 0. The minimum absolute atomic E-state index is 0.107. The average molecular weight is 283 g/mol. The molecule has 1 aromatic rings. The second kappa shape index (κ2) is 5.58. The van der Waals surface area contributed by atoms with Crippen molar-refractivity contribution in [1.29, 1.82) is 0 Å². The molecule has 2 rings (SSSR count). The van der Waals surface area contributed by atoms with Crippen molar-refractivity contribution >= 4 is 46.2 Å². The fraction of sp³-hybridized carbons (Fsp3) is 0. The van der Waals surface area contributed by atoms with Crippen LogP contribution in [0.5, 0.6) is 0 Å². The Morgan fingerprint density at radius 2 is 1.76 bits per heavy atom. The summed E-state index contributed by atoms with van der Waals surface area (Å²) in [5.41, 5.74) is 1.09. The van der Waals surface area contributed by atoms with E-state index in [0.29, 0.717) is 9.94 Å². The van der Waals surface area contributed by atoms with Gasteiger partial charge < -0.3 is 0 Å². The van der Waals surface area contributed by atoms with Gasteiger partial charge in [0.2, 0.25) is 5.12 Å².